The normalized spacial score (nSPS) is 16.4. The predicted octanol–water partition coefficient (Wildman–Crippen LogP) is 16.1. The standard InChI is InChI=1S/C51H59Br/c1-7-9-11-13-15-19-29-51(28-18-14-12-10-8-2)45-21-17-16-20-40(45)43-26-23-38(33-48(43)51)37-22-25-41-42-27-24-39(34-47(42)50(5,6)46(41)32-37)44-30-36(4)49(52)31-35(44)3/h16-17,20-27,30-34H,7-15,18-19,28-29H2,1-6H3. The van der Waals surface area contributed by atoms with E-state index in [1.54, 1.807) is 11.1 Å². The topological polar surface area (TPSA) is 0 Å². The molecule has 0 bridgehead atoms. The molecular formula is C51H59Br. The van der Waals surface area contributed by atoms with E-state index < -0.39 is 0 Å². The molecule has 0 aliphatic heterocycles. The molecule has 1 unspecified atom stereocenters. The highest BCUT2D eigenvalue weighted by molar-refractivity contribution is 9.10. The van der Waals surface area contributed by atoms with Crippen LogP contribution >= 0.6 is 15.9 Å². The van der Waals surface area contributed by atoms with Gasteiger partial charge in [0.25, 0.3) is 0 Å². The lowest BCUT2D eigenvalue weighted by atomic mass is 9.70. The van der Waals surface area contributed by atoms with E-state index in [-0.39, 0.29) is 10.8 Å². The van der Waals surface area contributed by atoms with E-state index in [0.717, 1.165) is 0 Å². The number of hydrogen-bond acceptors (Lipinski definition) is 0. The molecule has 0 N–H and O–H groups in total. The van der Waals surface area contributed by atoms with Crippen molar-refractivity contribution in [3.63, 3.8) is 0 Å². The number of halogens is 1. The zero-order valence-electron chi connectivity index (χ0n) is 32.7. The molecule has 5 aromatic rings. The van der Waals surface area contributed by atoms with Crippen molar-refractivity contribution in [3.05, 3.63) is 129 Å². The van der Waals surface area contributed by atoms with Crippen LogP contribution in [0, 0.1) is 13.8 Å². The largest absolute Gasteiger partial charge is 0.0654 e. The molecule has 1 heteroatoms. The molecule has 0 heterocycles. The van der Waals surface area contributed by atoms with Gasteiger partial charge in [-0.2, -0.15) is 0 Å². The Labute approximate surface area is 323 Å². The third kappa shape index (κ3) is 6.77. The smallest absolute Gasteiger partial charge is 0.0215 e. The maximum Gasteiger partial charge on any atom is 0.0215 e. The Morgan fingerprint density at radius 1 is 0.442 bits per heavy atom. The summed E-state index contributed by atoms with van der Waals surface area (Å²) in [7, 11) is 0. The van der Waals surface area contributed by atoms with Crippen LogP contribution in [0.1, 0.15) is 145 Å². The van der Waals surface area contributed by atoms with Crippen molar-refractivity contribution < 1.29 is 0 Å². The molecule has 7 rings (SSSR count). The van der Waals surface area contributed by atoms with E-state index in [1.807, 2.05) is 0 Å². The van der Waals surface area contributed by atoms with E-state index in [0.29, 0.717) is 0 Å². The lowest BCUT2D eigenvalue weighted by molar-refractivity contribution is 0.398. The van der Waals surface area contributed by atoms with E-state index >= 15 is 0 Å². The molecule has 2 aliphatic rings. The number of benzene rings is 5. The number of hydrogen-bond donors (Lipinski definition) is 0. The molecule has 0 spiro atoms. The fraction of sp³-hybridized carbons (Fsp3) is 0.412. The maximum absolute atomic E-state index is 3.74. The van der Waals surface area contributed by atoms with Crippen LogP contribution in [0.25, 0.3) is 44.5 Å². The summed E-state index contributed by atoms with van der Waals surface area (Å²) in [4.78, 5) is 0. The maximum atomic E-state index is 3.74. The van der Waals surface area contributed by atoms with Gasteiger partial charge in [0, 0.05) is 15.3 Å². The van der Waals surface area contributed by atoms with Crippen LogP contribution in [-0.2, 0) is 10.8 Å². The SMILES string of the molecule is CCCCCCCCC1(CCCCCCC)c2ccccc2-c2ccc(-c3ccc4c(c3)C(C)(C)c3cc(-c5cc(C)c(Br)cc5C)ccc3-4)cc21. The van der Waals surface area contributed by atoms with Gasteiger partial charge in [-0.1, -0.05) is 181 Å². The second-order valence-electron chi connectivity index (χ2n) is 16.6. The zero-order valence-corrected chi connectivity index (χ0v) is 34.3. The summed E-state index contributed by atoms with van der Waals surface area (Å²) >= 11 is 3.74. The Morgan fingerprint density at radius 3 is 1.54 bits per heavy atom. The van der Waals surface area contributed by atoms with Gasteiger partial charge in [0.05, 0.1) is 0 Å². The van der Waals surface area contributed by atoms with Gasteiger partial charge in [0.15, 0.2) is 0 Å². The first kappa shape index (κ1) is 36.9. The summed E-state index contributed by atoms with van der Waals surface area (Å²) in [6, 6.07) is 36.0. The van der Waals surface area contributed by atoms with Crippen LogP contribution in [0.2, 0.25) is 0 Å². The summed E-state index contributed by atoms with van der Waals surface area (Å²) < 4.78 is 1.18. The molecule has 2 aliphatic carbocycles. The Hall–Kier alpha value is -3.42. The van der Waals surface area contributed by atoms with Gasteiger partial charge in [0.1, 0.15) is 0 Å². The monoisotopic (exact) mass is 750 g/mol. The highest BCUT2D eigenvalue weighted by Crippen LogP contribution is 2.56. The van der Waals surface area contributed by atoms with Crippen LogP contribution in [-0.4, -0.2) is 0 Å². The van der Waals surface area contributed by atoms with Gasteiger partial charge < -0.3 is 0 Å². The highest BCUT2D eigenvalue weighted by Gasteiger charge is 2.42. The van der Waals surface area contributed by atoms with Gasteiger partial charge in [0.2, 0.25) is 0 Å². The van der Waals surface area contributed by atoms with Crippen LogP contribution in [0.3, 0.4) is 0 Å². The molecular weight excluding hydrogens is 692 g/mol. The molecule has 0 aromatic heterocycles. The van der Waals surface area contributed by atoms with Gasteiger partial charge in [-0.3, -0.25) is 0 Å². The van der Waals surface area contributed by atoms with E-state index in [9.17, 15) is 0 Å². The fourth-order valence-corrected chi connectivity index (χ4v) is 10.2. The third-order valence-corrected chi connectivity index (χ3v) is 13.6. The van der Waals surface area contributed by atoms with Crippen LogP contribution in [0.5, 0.6) is 0 Å². The average Bonchev–Trinajstić information content (AvgIpc) is 3.55. The average molecular weight is 752 g/mol. The molecule has 5 aromatic carbocycles. The first-order valence-electron chi connectivity index (χ1n) is 20.5. The van der Waals surface area contributed by atoms with Gasteiger partial charge in [-0.25, -0.2) is 0 Å². The Kier molecular flexibility index (Phi) is 11.0. The first-order chi connectivity index (χ1) is 25.2. The Bertz CT molecular complexity index is 2060. The molecule has 1 atom stereocenters. The first-order valence-corrected chi connectivity index (χ1v) is 21.3. The summed E-state index contributed by atoms with van der Waals surface area (Å²) in [6.45, 7) is 13.9. The Balaban J connectivity index is 1.25. The quantitative estimate of drug-likeness (QED) is 0.0935. The van der Waals surface area contributed by atoms with Crippen LogP contribution < -0.4 is 0 Å². The highest BCUT2D eigenvalue weighted by atomic mass is 79.9. The van der Waals surface area contributed by atoms with E-state index in [2.05, 4.69) is 148 Å². The lowest BCUT2D eigenvalue weighted by Crippen LogP contribution is -2.25. The van der Waals surface area contributed by atoms with Crippen LogP contribution in [0.4, 0.5) is 0 Å². The second kappa shape index (κ2) is 15.5. The van der Waals surface area contributed by atoms with Crippen molar-refractivity contribution in [1.82, 2.24) is 0 Å². The molecule has 0 saturated carbocycles. The van der Waals surface area contributed by atoms with Crippen molar-refractivity contribution in [2.45, 2.75) is 136 Å². The minimum atomic E-state index is -0.0814. The minimum absolute atomic E-state index is 0.0814. The lowest BCUT2D eigenvalue weighted by Gasteiger charge is -2.33. The molecule has 0 amide bonds. The predicted molar refractivity (Wildman–Crippen MR) is 230 cm³/mol. The van der Waals surface area contributed by atoms with Gasteiger partial charge in [-0.05, 0) is 129 Å². The van der Waals surface area contributed by atoms with Crippen molar-refractivity contribution in [1.29, 1.82) is 0 Å². The van der Waals surface area contributed by atoms with Crippen molar-refractivity contribution >= 4 is 15.9 Å². The molecule has 0 fully saturated rings. The zero-order chi connectivity index (χ0) is 36.5. The van der Waals surface area contributed by atoms with Gasteiger partial charge in [-0.15, -0.1) is 0 Å². The molecule has 0 nitrogen and oxygen atoms in total. The fourth-order valence-electron chi connectivity index (χ4n) is 9.71. The van der Waals surface area contributed by atoms with Crippen molar-refractivity contribution in [2.24, 2.45) is 0 Å². The molecule has 0 saturated heterocycles. The second-order valence-corrected chi connectivity index (χ2v) is 17.5. The van der Waals surface area contributed by atoms with E-state index in [1.165, 1.54) is 155 Å². The summed E-state index contributed by atoms with van der Waals surface area (Å²) in [6.07, 6.45) is 17.2. The number of unbranched alkanes of at least 4 members (excludes halogenated alkanes) is 9. The number of fused-ring (bicyclic) bond motifs is 6. The molecule has 270 valence electrons. The molecule has 52 heavy (non-hydrogen) atoms. The number of aryl methyl sites for hydroxylation is 2. The minimum Gasteiger partial charge on any atom is -0.0654 e. The summed E-state index contributed by atoms with van der Waals surface area (Å²) in [5, 5.41) is 0. The number of rotatable bonds is 15. The van der Waals surface area contributed by atoms with Gasteiger partial charge >= 0.3 is 0 Å². The summed E-state index contributed by atoms with van der Waals surface area (Å²) in [5.41, 5.74) is 19.7. The third-order valence-electron chi connectivity index (χ3n) is 12.8. The van der Waals surface area contributed by atoms with Crippen LogP contribution in [0.15, 0.2) is 95.5 Å². The van der Waals surface area contributed by atoms with Crippen molar-refractivity contribution in [3.8, 4) is 44.5 Å². The van der Waals surface area contributed by atoms with E-state index in [4.69, 9.17) is 0 Å². The summed E-state index contributed by atoms with van der Waals surface area (Å²) in [5.74, 6) is 0. The van der Waals surface area contributed by atoms with Crippen molar-refractivity contribution in [2.75, 3.05) is 0 Å². The molecule has 0 radical (unpaired) electrons. The Morgan fingerprint density at radius 2 is 0.923 bits per heavy atom.